The Bertz CT molecular complexity index is 924. The van der Waals surface area contributed by atoms with E-state index in [4.69, 9.17) is 9.47 Å². The third-order valence-corrected chi connectivity index (χ3v) is 4.85. The van der Waals surface area contributed by atoms with E-state index < -0.39 is 11.1 Å². The first kappa shape index (κ1) is 19.7. The van der Waals surface area contributed by atoms with Crippen LogP contribution in [-0.2, 0) is 16.0 Å². The quantitative estimate of drug-likeness (QED) is 0.433. The van der Waals surface area contributed by atoms with Gasteiger partial charge in [-0.1, -0.05) is 36.4 Å². The van der Waals surface area contributed by atoms with Gasteiger partial charge in [-0.15, -0.1) is 0 Å². The number of carbonyl (C=O) groups excluding carboxylic acids is 3. The van der Waals surface area contributed by atoms with Gasteiger partial charge in [0, 0.05) is 6.42 Å². The third kappa shape index (κ3) is 5.23. The molecule has 3 rings (SSSR count). The minimum absolute atomic E-state index is 0.294. The predicted octanol–water partition coefficient (Wildman–Crippen LogP) is 3.95. The van der Waals surface area contributed by atoms with Crippen molar-refractivity contribution in [1.82, 2.24) is 5.32 Å². The molecular formula is C21H19NO5S. The number of nitrogens with one attached hydrogen (secondary N) is 1. The van der Waals surface area contributed by atoms with Gasteiger partial charge in [0.2, 0.25) is 0 Å². The second-order valence-corrected chi connectivity index (χ2v) is 7.09. The standard InChI is InChI=1S/C21H19NO5S/c1-26-17-12-15(13-18-20(24)22-21(25)28-18)10-11-16(17)27-19(23)9-5-8-14-6-3-2-4-7-14/h2-4,6-7,10-13H,5,8-9H2,1H3,(H,22,24,25). The SMILES string of the molecule is COc1cc(C=C2SC(=O)NC2=O)ccc1OC(=O)CCCc1ccccc1. The minimum Gasteiger partial charge on any atom is -0.493 e. The highest BCUT2D eigenvalue weighted by atomic mass is 32.2. The number of methoxy groups -OCH3 is 1. The Kier molecular flexibility index (Phi) is 6.49. The predicted molar refractivity (Wildman–Crippen MR) is 107 cm³/mol. The summed E-state index contributed by atoms with van der Waals surface area (Å²) in [7, 11) is 1.47. The molecule has 1 fully saturated rings. The summed E-state index contributed by atoms with van der Waals surface area (Å²) >= 11 is 0.839. The van der Waals surface area contributed by atoms with Gasteiger partial charge in [-0.25, -0.2) is 0 Å². The average molecular weight is 397 g/mol. The summed E-state index contributed by atoms with van der Waals surface area (Å²) < 4.78 is 10.7. The van der Waals surface area contributed by atoms with Crippen LogP contribution in [0.2, 0.25) is 0 Å². The van der Waals surface area contributed by atoms with Crippen molar-refractivity contribution < 1.29 is 23.9 Å². The van der Waals surface area contributed by atoms with Crippen molar-refractivity contribution in [2.24, 2.45) is 0 Å². The Morgan fingerprint density at radius 3 is 2.57 bits per heavy atom. The smallest absolute Gasteiger partial charge is 0.311 e. The highest BCUT2D eigenvalue weighted by Crippen LogP contribution is 2.31. The van der Waals surface area contributed by atoms with Crippen LogP contribution in [0.15, 0.2) is 53.4 Å². The Hall–Kier alpha value is -3.06. The van der Waals surface area contributed by atoms with Crippen LogP contribution in [0.3, 0.4) is 0 Å². The van der Waals surface area contributed by atoms with Crippen LogP contribution in [0.25, 0.3) is 6.08 Å². The maximum atomic E-state index is 12.1. The summed E-state index contributed by atoms with van der Waals surface area (Å²) in [6.07, 6.45) is 3.37. The fourth-order valence-electron chi connectivity index (χ4n) is 2.69. The lowest BCUT2D eigenvalue weighted by Gasteiger charge is -2.10. The van der Waals surface area contributed by atoms with E-state index in [0.29, 0.717) is 34.8 Å². The lowest BCUT2D eigenvalue weighted by atomic mass is 10.1. The number of ether oxygens (including phenoxy) is 2. The number of hydrogen-bond acceptors (Lipinski definition) is 6. The summed E-state index contributed by atoms with van der Waals surface area (Å²) in [5, 5.41) is 1.80. The van der Waals surface area contributed by atoms with Gasteiger partial charge < -0.3 is 9.47 Å². The molecule has 2 aromatic rings. The number of thioether (sulfide) groups is 1. The fourth-order valence-corrected chi connectivity index (χ4v) is 3.37. The second-order valence-electron chi connectivity index (χ2n) is 6.08. The highest BCUT2D eigenvalue weighted by Gasteiger charge is 2.25. The summed E-state index contributed by atoms with van der Waals surface area (Å²) in [4.78, 5) is 35.3. The molecule has 1 N–H and O–H groups in total. The first-order valence-electron chi connectivity index (χ1n) is 8.72. The lowest BCUT2D eigenvalue weighted by Crippen LogP contribution is -2.17. The molecule has 0 aliphatic carbocycles. The zero-order valence-corrected chi connectivity index (χ0v) is 16.1. The number of carbonyl (C=O) groups is 3. The van der Waals surface area contributed by atoms with E-state index in [1.165, 1.54) is 12.7 Å². The van der Waals surface area contributed by atoms with E-state index in [9.17, 15) is 14.4 Å². The Morgan fingerprint density at radius 2 is 1.89 bits per heavy atom. The number of esters is 1. The molecule has 1 saturated heterocycles. The van der Waals surface area contributed by atoms with Gasteiger partial charge in [0.25, 0.3) is 11.1 Å². The first-order valence-corrected chi connectivity index (χ1v) is 9.54. The number of imide groups is 1. The molecule has 2 amide bonds. The molecule has 7 heteroatoms. The molecule has 0 spiro atoms. The number of amides is 2. The molecule has 1 heterocycles. The molecular weight excluding hydrogens is 378 g/mol. The summed E-state index contributed by atoms with van der Waals surface area (Å²) in [5.41, 5.74) is 1.84. The van der Waals surface area contributed by atoms with Crippen LogP contribution in [-0.4, -0.2) is 24.2 Å². The molecule has 0 saturated carbocycles. The van der Waals surface area contributed by atoms with Crippen LogP contribution in [0.4, 0.5) is 4.79 Å². The fraction of sp³-hybridized carbons (Fsp3) is 0.190. The van der Waals surface area contributed by atoms with E-state index in [1.807, 2.05) is 30.3 Å². The Balaban J connectivity index is 1.60. The molecule has 1 aliphatic rings. The third-order valence-electron chi connectivity index (χ3n) is 4.04. The number of benzene rings is 2. The van der Waals surface area contributed by atoms with Gasteiger partial charge >= 0.3 is 5.97 Å². The molecule has 2 aromatic carbocycles. The summed E-state index contributed by atoms with van der Waals surface area (Å²) in [6, 6.07) is 14.9. The van der Waals surface area contributed by atoms with Gasteiger partial charge in [-0.05, 0) is 53.9 Å². The normalized spacial score (nSPS) is 14.8. The van der Waals surface area contributed by atoms with Crippen LogP contribution < -0.4 is 14.8 Å². The van der Waals surface area contributed by atoms with Crippen LogP contribution in [0.5, 0.6) is 11.5 Å². The van der Waals surface area contributed by atoms with Crippen molar-refractivity contribution in [3.63, 3.8) is 0 Å². The summed E-state index contributed by atoms with van der Waals surface area (Å²) in [5.74, 6) is -0.0750. The minimum atomic E-state index is -0.428. The van der Waals surface area contributed by atoms with E-state index in [-0.39, 0.29) is 5.97 Å². The van der Waals surface area contributed by atoms with Crippen molar-refractivity contribution in [3.05, 3.63) is 64.6 Å². The molecule has 144 valence electrons. The van der Waals surface area contributed by atoms with Gasteiger partial charge in [0.1, 0.15) is 0 Å². The molecule has 0 aromatic heterocycles. The van der Waals surface area contributed by atoms with Crippen molar-refractivity contribution in [2.45, 2.75) is 19.3 Å². The van der Waals surface area contributed by atoms with E-state index in [1.54, 1.807) is 24.3 Å². The molecule has 1 aliphatic heterocycles. The van der Waals surface area contributed by atoms with Crippen molar-refractivity contribution in [2.75, 3.05) is 7.11 Å². The van der Waals surface area contributed by atoms with Crippen molar-refractivity contribution in [1.29, 1.82) is 0 Å². The number of aryl methyl sites for hydroxylation is 1. The maximum Gasteiger partial charge on any atom is 0.311 e. The van der Waals surface area contributed by atoms with Crippen LogP contribution in [0, 0.1) is 0 Å². The molecule has 0 radical (unpaired) electrons. The monoisotopic (exact) mass is 397 g/mol. The Labute approximate surface area is 166 Å². The van der Waals surface area contributed by atoms with Gasteiger partial charge in [0.15, 0.2) is 11.5 Å². The van der Waals surface area contributed by atoms with Crippen molar-refractivity contribution >= 4 is 35.0 Å². The Morgan fingerprint density at radius 1 is 1.11 bits per heavy atom. The lowest BCUT2D eigenvalue weighted by molar-refractivity contribution is -0.134. The molecule has 28 heavy (non-hydrogen) atoms. The van der Waals surface area contributed by atoms with Gasteiger partial charge in [-0.2, -0.15) is 0 Å². The topological polar surface area (TPSA) is 81.7 Å². The number of rotatable bonds is 7. The maximum absolute atomic E-state index is 12.1. The molecule has 0 atom stereocenters. The highest BCUT2D eigenvalue weighted by molar-refractivity contribution is 8.18. The first-order chi connectivity index (χ1) is 13.5. The van der Waals surface area contributed by atoms with Gasteiger partial charge in [-0.3, -0.25) is 19.7 Å². The molecule has 6 nitrogen and oxygen atoms in total. The summed E-state index contributed by atoms with van der Waals surface area (Å²) in [6.45, 7) is 0. The number of hydrogen-bond donors (Lipinski definition) is 1. The van der Waals surface area contributed by atoms with Gasteiger partial charge in [0.05, 0.1) is 12.0 Å². The average Bonchev–Trinajstić information content (AvgIpc) is 3.00. The van der Waals surface area contributed by atoms with E-state index in [0.717, 1.165) is 18.2 Å². The van der Waals surface area contributed by atoms with Crippen LogP contribution >= 0.6 is 11.8 Å². The zero-order valence-electron chi connectivity index (χ0n) is 15.3. The zero-order chi connectivity index (χ0) is 19.9. The largest absolute Gasteiger partial charge is 0.493 e. The second kappa shape index (κ2) is 9.23. The van der Waals surface area contributed by atoms with Crippen LogP contribution in [0.1, 0.15) is 24.0 Å². The van der Waals surface area contributed by atoms with E-state index in [2.05, 4.69) is 5.32 Å². The van der Waals surface area contributed by atoms with Crippen molar-refractivity contribution in [3.8, 4) is 11.5 Å². The molecule has 0 bridgehead atoms. The van der Waals surface area contributed by atoms with E-state index >= 15 is 0 Å². The molecule has 0 unspecified atom stereocenters.